The molecule has 1 aromatic carbocycles. The van der Waals surface area contributed by atoms with Gasteiger partial charge in [0.2, 0.25) is 5.82 Å². The van der Waals surface area contributed by atoms with Crippen LogP contribution in [0.15, 0.2) is 12.1 Å². The Kier molecular flexibility index (Phi) is 3.32. The molecule has 1 aliphatic carbocycles. The normalized spacial score (nSPS) is 15.9. The fourth-order valence-corrected chi connectivity index (χ4v) is 1.63. The van der Waals surface area contributed by atoms with Gasteiger partial charge < -0.3 is 9.84 Å². The maximum absolute atomic E-state index is 13.5. The van der Waals surface area contributed by atoms with Crippen LogP contribution in [0.4, 0.5) is 14.5 Å². The van der Waals surface area contributed by atoms with E-state index < -0.39 is 40.1 Å². The highest BCUT2D eigenvalue weighted by Gasteiger charge is 2.39. The Morgan fingerprint density at radius 3 is 2.53 bits per heavy atom. The van der Waals surface area contributed by atoms with Gasteiger partial charge in [-0.3, -0.25) is 10.1 Å². The monoisotopic (exact) mass is 273 g/mol. The van der Waals surface area contributed by atoms with Gasteiger partial charge in [0.05, 0.1) is 11.0 Å². The average Bonchev–Trinajstić information content (AvgIpc) is 3.12. The number of aliphatic carboxylic acids is 1. The van der Waals surface area contributed by atoms with Crippen LogP contribution in [0.2, 0.25) is 0 Å². The van der Waals surface area contributed by atoms with E-state index in [1.807, 2.05) is 0 Å². The van der Waals surface area contributed by atoms with Crippen molar-refractivity contribution < 1.29 is 28.3 Å². The lowest BCUT2D eigenvalue weighted by molar-refractivity contribution is -0.387. The van der Waals surface area contributed by atoms with Crippen LogP contribution < -0.4 is 4.74 Å². The zero-order valence-electron chi connectivity index (χ0n) is 9.51. The molecule has 0 bridgehead atoms. The lowest BCUT2D eigenvalue weighted by Crippen LogP contribution is -2.29. The van der Waals surface area contributed by atoms with Crippen molar-refractivity contribution in [2.24, 2.45) is 5.92 Å². The number of hydrogen-bond donors (Lipinski definition) is 1. The first-order chi connectivity index (χ1) is 8.90. The van der Waals surface area contributed by atoms with Crippen LogP contribution in [0.3, 0.4) is 0 Å². The largest absolute Gasteiger partial charge is 0.478 e. The van der Waals surface area contributed by atoms with Gasteiger partial charge in [-0.15, -0.1) is 0 Å². The van der Waals surface area contributed by atoms with Gasteiger partial charge in [0.25, 0.3) is 0 Å². The Hall–Kier alpha value is -2.25. The first-order valence-electron chi connectivity index (χ1n) is 5.43. The van der Waals surface area contributed by atoms with Crippen molar-refractivity contribution in [1.82, 2.24) is 0 Å². The summed E-state index contributed by atoms with van der Waals surface area (Å²) in [6.45, 7) is 0. The zero-order valence-corrected chi connectivity index (χ0v) is 9.51. The van der Waals surface area contributed by atoms with Gasteiger partial charge in [0.1, 0.15) is 0 Å². The number of nitro groups is 1. The van der Waals surface area contributed by atoms with E-state index >= 15 is 0 Å². The molecule has 1 fully saturated rings. The van der Waals surface area contributed by atoms with Crippen molar-refractivity contribution in [2.75, 3.05) is 0 Å². The highest BCUT2D eigenvalue weighted by atomic mass is 19.1. The van der Waals surface area contributed by atoms with Gasteiger partial charge >= 0.3 is 11.7 Å². The van der Waals surface area contributed by atoms with Crippen molar-refractivity contribution in [1.29, 1.82) is 0 Å². The summed E-state index contributed by atoms with van der Waals surface area (Å²) in [5.74, 6) is -4.60. The molecule has 2 rings (SSSR count). The highest BCUT2D eigenvalue weighted by Crippen LogP contribution is 2.36. The van der Waals surface area contributed by atoms with Crippen molar-refractivity contribution in [2.45, 2.75) is 18.9 Å². The molecule has 1 unspecified atom stereocenters. The van der Waals surface area contributed by atoms with E-state index in [-0.39, 0.29) is 5.92 Å². The Balaban J connectivity index is 2.27. The summed E-state index contributed by atoms with van der Waals surface area (Å²) in [5.41, 5.74) is -1.02. The van der Waals surface area contributed by atoms with E-state index in [0.717, 1.165) is 0 Å². The van der Waals surface area contributed by atoms with Gasteiger partial charge in [0, 0.05) is 12.0 Å². The van der Waals surface area contributed by atoms with Crippen LogP contribution in [-0.2, 0) is 4.79 Å². The third-order valence-corrected chi connectivity index (χ3v) is 2.75. The number of carboxylic acids is 1. The number of rotatable bonds is 5. The number of hydrogen-bond acceptors (Lipinski definition) is 4. The fourth-order valence-electron chi connectivity index (χ4n) is 1.63. The second kappa shape index (κ2) is 4.79. The Labute approximate surface area is 105 Å². The third kappa shape index (κ3) is 2.78. The van der Waals surface area contributed by atoms with Crippen molar-refractivity contribution in [3.8, 4) is 5.75 Å². The summed E-state index contributed by atoms with van der Waals surface area (Å²) in [6.07, 6.45) is -0.00222. The van der Waals surface area contributed by atoms with Crippen LogP contribution in [0, 0.1) is 27.7 Å². The van der Waals surface area contributed by atoms with Gasteiger partial charge in [-0.1, -0.05) is 0 Å². The van der Waals surface area contributed by atoms with Crippen LogP contribution >= 0.6 is 0 Å². The summed E-state index contributed by atoms with van der Waals surface area (Å²) in [4.78, 5) is 20.2. The molecule has 6 nitrogen and oxygen atoms in total. The summed E-state index contributed by atoms with van der Waals surface area (Å²) < 4.78 is 31.7. The minimum atomic E-state index is -1.28. The highest BCUT2D eigenvalue weighted by molar-refractivity contribution is 5.73. The SMILES string of the molecule is O=C(O)C(Oc1cc(F)c([N+](=O)[O-])cc1F)C1CC1. The number of benzene rings is 1. The fraction of sp³-hybridized carbons (Fsp3) is 0.364. The minimum absolute atomic E-state index is 0.241. The zero-order chi connectivity index (χ0) is 14.2. The van der Waals surface area contributed by atoms with E-state index in [1.165, 1.54) is 0 Å². The first kappa shape index (κ1) is 13.2. The van der Waals surface area contributed by atoms with E-state index in [9.17, 15) is 23.7 Å². The van der Waals surface area contributed by atoms with Crippen LogP contribution in [0.25, 0.3) is 0 Å². The molecule has 8 heteroatoms. The molecule has 19 heavy (non-hydrogen) atoms. The smallest absolute Gasteiger partial charge is 0.345 e. The molecular weight excluding hydrogens is 264 g/mol. The van der Waals surface area contributed by atoms with E-state index in [1.54, 1.807) is 0 Å². The number of nitrogens with zero attached hydrogens (tertiary/aromatic N) is 1. The Morgan fingerprint density at radius 2 is 2.05 bits per heavy atom. The third-order valence-electron chi connectivity index (χ3n) is 2.75. The lowest BCUT2D eigenvalue weighted by atomic mass is 10.2. The molecule has 1 aliphatic rings. The predicted octanol–water partition coefficient (Wildman–Crippen LogP) is 2.12. The minimum Gasteiger partial charge on any atom is -0.478 e. The molecule has 102 valence electrons. The van der Waals surface area contributed by atoms with Gasteiger partial charge in [-0.25, -0.2) is 9.18 Å². The van der Waals surface area contributed by atoms with Gasteiger partial charge in [-0.05, 0) is 12.8 Å². The average molecular weight is 273 g/mol. The number of carboxylic acid groups (broad SMARTS) is 1. The van der Waals surface area contributed by atoms with Crippen molar-refractivity contribution >= 4 is 11.7 Å². The molecule has 1 atom stereocenters. The summed E-state index contributed by atoms with van der Waals surface area (Å²) in [5, 5.41) is 19.3. The standard InChI is InChI=1S/C11H9F2NO5/c12-6-4-9(7(13)3-8(6)14(17)18)19-10(11(15)16)5-1-2-5/h3-5,10H,1-2H2,(H,15,16). The molecule has 0 spiro atoms. The molecule has 0 aromatic heterocycles. The number of halogens is 2. The Bertz CT molecular complexity index is 544. The lowest BCUT2D eigenvalue weighted by Gasteiger charge is -2.14. The van der Waals surface area contributed by atoms with E-state index in [0.29, 0.717) is 25.0 Å². The van der Waals surface area contributed by atoms with Gasteiger partial charge in [0.15, 0.2) is 17.7 Å². The Morgan fingerprint density at radius 1 is 1.42 bits per heavy atom. The first-order valence-corrected chi connectivity index (χ1v) is 5.43. The maximum Gasteiger partial charge on any atom is 0.345 e. The maximum atomic E-state index is 13.5. The van der Waals surface area contributed by atoms with Crippen molar-refractivity contribution in [3.05, 3.63) is 33.9 Å². The number of carbonyl (C=O) groups is 1. The quantitative estimate of drug-likeness (QED) is 0.655. The molecule has 0 aliphatic heterocycles. The molecule has 0 amide bonds. The summed E-state index contributed by atoms with van der Waals surface area (Å²) >= 11 is 0. The number of nitro benzene ring substituents is 1. The van der Waals surface area contributed by atoms with Gasteiger partial charge in [-0.2, -0.15) is 4.39 Å². The molecule has 0 heterocycles. The van der Waals surface area contributed by atoms with E-state index in [4.69, 9.17) is 9.84 Å². The second-order valence-electron chi connectivity index (χ2n) is 4.21. The van der Waals surface area contributed by atoms with E-state index in [2.05, 4.69) is 0 Å². The van der Waals surface area contributed by atoms with Crippen LogP contribution in [0.5, 0.6) is 5.75 Å². The summed E-state index contributed by atoms with van der Waals surface area (Å²) in [7, 11) is 0. The molecule has 1 N–H and O–H groups in total. The predicted molar refractivity (Wildman–Crippen MR) is 57.8 cm³/mol. The molecule has 1 saturated carbocycles. The molecule has 1 aromatic rings. The number of ether oxygens (including phenoxy) is 1. The van der Waals surface area contributed by atoms with Crippen LogP contribution in [0.1, 0.15) is 12.8 Å². The molecule has 0 saturated heterocycles. The summed E-state index contributed by atoms with van der Waals surface area (Å²) in [6, 6.07) is 0.863. The molecular formula is C11H9F2NO5. The second-order valence-corrected chi connectivity index (χ2v) is 4.21. The topological polar surface area (TPSA) is 89.7 Å². The van der Waals surface area contributed by atoms with Crippen LogP contribution in [-0.4, -0.2) is 22.1 Å². The molecule has 0 radical (unpaired) electrons. The van der Waals surface area contributed by atoms with Crippen molar-refractivity contribution in [3.63, 3.8) is 0 Å².